The van der Waals surface area contributed by atoms with E-state index in [0.717, 1.165) is 48.0 Å². The quantitative estimate of drug-likeness (QED) is 0.279. The predicted octanol–water partition coefficient (Wildman–Crippen LogP) is 13.6. The van der Waals surface area contributed by atoms with Crippen LogP contribution in [0.2, 0.25) is 0 Å². The van der Waals surface area contributed by atoms with Crippen LogP contribution >= 0.6 is 0 Å². The number of allylic oxidation sites excluding steroid dienone is 6. The van der Waals surface area contributed by atoms with Gasteiger partial charge in [0.2, 0.25) is 0 Å². The van der Waals surface area contributed by atoms with Crippen molar-refractivity contribution in [3.8, 4) is 0 Å². The second-order valence-corrected chi connectivity index (χ2v) is 17.1. The van der Waals surface area contributed by atoms with Crippen LogP contribution in [0, 0.1) is 51.2 Å². The van der Waals surface area contributed by atoms with Crippen molar-refractivity contribution in [2.24, 2.45) is 51.2 Å². The van der Waals surface area contributed by atoms with Crippen molar-refractivity contribution in [1.82, 2.24) is 0 Å². The van der Waals surface area contributed by atoms with Gasteiger partial charge in [-0.2, -0.15) is 0 Å². The highest BCUT2D eigenvalue weighted by Crippen LogP contribution is 2.80. The Labute approximate surface area is 289 Å². The standard InChI is InChI=1S/C41H52.C4H8.C2H6/c1-26(2)31-11-9-10-29(23-31)22-28-12-14-30(15-13-28)27(3)36-33-24-35-40(7)18-16-32-25-38(4,5)20-21-39(32,6)34(40)17-19-41(35,8)37(33)36;1-3-4-2;1-2/h9-15,20-21,23,25,27,33-37H,1,16-19,22,24H2,2-8H3;3H,1,4H2,2H3;1-2H3. The molecular weight excluding hydrogens is 565 g/mol. The molecule has 0 spiro atoms. The van der Waals surface area contributed by atoms with Gasteiger partial charge in [0.1, 0.15) is 0 Å². The zero-order valence-electron chi connectivity index (χ0n) is 31.8. The third-order valence-corrected chi connectivity index (χ3v) is 13.8. The van der Waals surface area contributed by atoms with Gasteiger partial charge in [-0.3, -0.25) is 0 Å². The van der Waals surface area contributed by atoms with Crippen molar-refractivity contribution in [2.45, 2.75) is 120 Å². The summed E-state index contributed by atoms with van der Waals surface area (Å²) in [5.74, 6) is 5.10. The maximum absolute atomic E-state index is 4.12. The Morgan fingerprint density at radius 3 is 2.23 bits per heavy atom. The molecule has 5 aliphatic carbocycles. The third-order valence-electron chi connectivity index (χ3n) is 13.8. The predicted molar refractivity (Wildman–Crippen MR) is 207 cm³/mol. The van der Waals surface area contributed by atoms with Gasteiger partial charge in [0.05, 0.1) is 0 Å². The lowest BCUT2D eigenvalue weighted by Gasteiger charge is -2.63. The van der Waals surface area contributed by atoms with E-state index in [-0.39, 0.29) is 10.8 Å². The number of hydrogen-bond donors (Lipinski definition) is 0. The van der Waals surface area contributed by atoms with Gasteiger partial charge in [-0.05, 0) is 120 Å². The largest absolute Gasteiger partial charge is 0.103 e. The molecule has 0 heteroatoms. The molecule has 0 saturated heterocycles. The molecule has 9 unspecified atom stereocenters. The molecule has 9 atom stereocenters. The SMILES string of the molecule is C=C(C)c1cccc(Cc2ccc(C(C)C3C4CC5C(C)(CCC6C7(C)C=CC(C)(C)C=C7CCC65C)C43)cc2)c1.C=CCC.CC. The lowest BCUT2D eigenvalue weighted by Crippen LogP contribution is -2.56. The van der Waals surface area contributed by atoms with Gasteiger partial charge in [0.25, 0.3) is 0 Å². The summed E-state index contributed by atoms with van der Waals surface area (Å²) in [6.07, 6.45) is 18.8. The van der Waals surface area contributed by atoms with E-state index in [1.54, 1.807) is 11.1 Å². The van der Waals surface area contributed by atoms with E-state index in [9.17, 15) is 0 Å². The second kappa shape index (κ2) is 13.4. The summed E-state index contributed by atoms with van der Waals surface area (Å²) < 4.78 is 0. The highest BCUT2D eigenvalue weighted by atomic mass is 14.8. The maximum atomic E-state index is 4.12. The summed E-state index contributed by atoms with van der Waals surface area (Å²) in [6.45, 7) is 31.1. The fourth-order valence-electron chi connectivity index (χ4n) is 11.4. The maximum Gasteiger partial charge on any atom is 0.00966 e. The molecule has 7 rings (SSSR count). The molecule has 4 saturated carbocycles. The van der Waals surface area contributed by atoms with Crippen LogP contribution in [0.5, 0.6) is 0 Å². The van der Waals surface area contributed by atoms with E-state index in [1.165, 1.54) is 48.8 Å². The van der Waals surface area contributed by atoms with Gasteiger partial charge in [0.15, 0.2) is 0 Å². The lowest BCUT2D eigenvalue weighted by molar-refractivity contribution is -0.105. The van der Waals surface area contributed by atoms with Crippen LogP contribution < -0.4 is 0 Å². The number of fused-ring (bicyclic) bond motifs is 7. The molecule has 4 fully saturated rings. The summed E-state index contributed by atoms with van der Waals surface area (Å²) >= 11 is 0. The van der Waals surface area contributed by atoms with E-state index >= 15 is 0 Å². The topological polar surface area (TPSA) is 0 Å². The molecule has 0 amide bonds. The first kappa shape index (κ1) is 35.7. The molecule has 0 bridgehead atoms. The van der Waals surface area contributed by atoms with Crippen molar-refractivity contribution in [3.63, 3.8) is 0 Å². The number of hydrogen-bond acceptors (Lipinski definition) is 0. The van der Waals surface area contributed by atoms with E-state index in [0.29, 0.717) is 16.7 Å². The summed E-state index contributed by atoms with van der Waals surface area (Å²) in [4.78, 5) is 0. The van der Waals surface area contributed by atoms with Crippen molar-refractivity contribution < 1.29 is 0 Å². The minimum absolute atomic E-state index is 0.220. The Morgan fingerprint density at radius 1 is 0.915 bits per heavy atom. The Morgan fingerprint density at radius 2 is 1.60 bits per heavy atom. The Hall–Kier alpha value is -2.60. The first-order valence-corrected chi connectivity index (χ1v) is 19.1. The summed E-state index contributed by atoms with van der Waals surface area (Å²) in [7, 11) is 0. The van der Waals surface area contributed by atoms with Crippen molar-refractivity contribution >= 4 is 5.57 Å². The normalized spacial score (nSPS) is 36.0. The van der Waals surface area contributed by atoms with Crippen LogP contribution in [0.25, 0.3) is 5.57 Å². The van der Waals surface area contributed by atoms with Gasteiger partial charge in [-0.25, -0.2) is 0 Å². The van der Waals surface area contributed by atoms with Crippen LogP contribution in [0.15, 0.2) is 91.6 Å². The molecule has 0 heterocycles. The Balaban J connectivity index is 0.000000674. The third kappa shape index (κ3) is 6.33. The van der Waals surface area contributed by atoms with Crippen LogP contribution in [0.4, 0.5) is 0 Å². The summed E-state index contributed by atoms with van der Waals surface area (Å²) in [5, 5.41) is 0. The lowest BCUT2D eigenvalue weighted by atomic mass is 9.41. The fraction of sp³-hybridized carbons (Fsp3) is 0.574. The van der Waals surface area contributed by atoms with Crippen LogP contribution in [0.3, 0.4) is 0 Å². The fourth-order valence-corrected chi connectivity index (χ4v) is 11.4. The average Bonchev–Trinajstić information content (AvgIpc) is 3.70. The van der Waals surface area contributed by atoms with Crippen molar-refractivity contribution in [3.05, 3.63) is 114 Å². The van der Waals surface area contributed by atoms with Gasteiger partial charge >= 0.3 is 0 Å². The smallest absolute Gasteiger partial charge is 0.00966 e. The van der Waals surface area contributed by atoms with Crippen LogP contribution in [-0.4, -0.2) is 0 Å². The van der Waals surface area contributed by atoms with E-state index in [2.05, 4.69) is 135 Å². The summed E-state index contributed by atoms with van der Waals surface area (Å²) in [5.41, 5.74) is 9.98. The van der Waals surface area contributed by atoms with Crippen molar-refractivity contribution in [2.75, 3.05) is 0 Å². The second-order valence-electron chi connectivity index (χ2n) is 17.1. The molecule has 0 aliphatic heterocycles. The zero-order valence-corrected chi connectivity index (χ0v) is 31.8. The molecule has 2 aromatic rings. The molecule has 0 aromatic heterocycles. The number of benzene rings is 2. The highest BCUT2D eigenvalue weighted by Gasteiger charge is 2.73. The molecule has 0 nitrogen and oxygen atoms in total. The van der Waals surface area contributed by atoms with Crippen LogP contribution in [-0.2, 0) is 6.42 Å². The monoisotopic (exact) mass is 631 g/mol. The minimum Gasteiger partial charge on any atom is -0.103 e. The molecule has 5 aliphatic rings. The highest BCUT2D eigenvalue weighted by molar-refractivity contribution is 5.62. The average molecular weight is 631 g/mol. The molecule has 254 valence electrons. The van der Waals surface area contributed by atoms with Gasteiger partial charge in [-0.15, -0.1) is 6.58 Å². The van der Waals surface area contributed by atoms with E-state index in [4.69, 9.17) is 0 Å². The van der Waals surface area contributed by atoms with Gasteiger partial charge < -0.3 is 0 Å². The molecule has 0 radical (unpaired) electrons. The Kier molecular flexibility index (Phi) is 10.2. The molecular formula is C47H66. The van der Waals surface area contributed by atoms with E-state index < -0.39 is 0 Å². The number of rotatable bonds is 6. The molecule has 47 heavy (non-hydrogen) atoms. The molecule has 2 aromatic carbocycles. The first-order chi connectivity index (χ1) is 22.3. The van der Waals surface area contributed by atoms with Crippen LogP contribution in [0.1, 0.15) is 136 Å². The van der Waals surface area contributed by atoms with Gasteiger partial charge in [0, 0.05) is 10.8 Å². The Bertz CT molecular complexity index is 1500. The van der Waals surface area contributed by atoms with Gasteiger partial charge in [-0.1, -0.05) is 153 Å². The molecule has 0 N–H and O–H groups in total. The van der Waals surface area contributed by atoms with E-state index in [1.807, 2.05) is 19.9 Å². The zero-order chi connectivity index (χ0) is 34.4. The summed E-state index contributed by atoms with van der Waals surface area (Å²) in [6, 6.07) is 18.5. The first-order valence-electron chi connectivity index (χ1n) is 19.1. The minimum atomic E-state index is 0.220. The van der Waals surface area contributed by atoms with Crippen molar-refractivity contribution in [1.29, 1.82) is 0 Å².